The van der Waals surface area contributed by atoms with Gasteiger partial charge < -0.3 is 9.47 Å². The third kappa shape index (κ3) is 9.63. The summed E-state index contributed by atoms with van der Waals surface area (Å²) >= 11 is 0. The zero-order chi connectivity index (χ0) is 14.0. The predicted octanol–water partition coefficient (Wildman–Crippen LogP) is 2.79. The molecule has 0 bridgehead atoms. The molecule has 0 rings (SSSR count). The highest BCUT2D eigenvalue weighted by atomic mass is 16.5. The van der Waals surface area contributed by atoms with Crippen LogP contribution < -0.4 is 0 Å². The van der Waals surface area contributed by atoms with E-state index in [1.807, 2.05) is 6.92 Å². The number of rotatable bonds is 8. The number of hydrogen-bond acceptors (Lipinski definition) is 4. The summed E-state index contributed by atoms with van der Waals surface area (Å²) in [6.07, 6.45) is 4.81. The predicted molar refractivity (Wildman–Crippen MR) is 70.0 cm³/mol. The lowest BCUT2D eigenvalue weighted by Gasteiger charge is -2.05. The molecule has 0 fully saturated rings. The average Bonchev–Trinajstić information content (AvgIpc) is 2.33. The van der Waals surface area contributed by atoms with Gasteiger partial charge in [-0.25, -0.2) is 0 Å². The van der Waals surface area contributed by atoms with Crippen molar-refractivity contribution in [2.24, 2.45) is 0 Å². The molecule has 0 N–H and O–H groups in total. The van der Waals surface area contributed by atoms with Crippen molar-refractivity contribution in [3.8, 4) is 0 Å². The van der Waals surface area contributed by atoms with E-state index < -0.39 is 0 Å². The summed E-state index contributed by atoms with van der Waals surface area (Å²) in [6.45, 7) is 7.48. The van der Waals surface area contributed by atoms with Crippen molar-refractivity contribution < 1.29 is 19.1 Å². The molecule has 0 radical (unpaired) electrons. The van der Waals surface area contributed by atoms with Gasteiger partial charge in [0, 0.05) is 13.3 Å². The van der Waals surface area contributed by atoms with Crippen LogP contribution in [0.5, 0.6) is 0 Å². The summed E-state index contributed by atoms with van der Waals surface area (Å²) in [6, 6.07) is 0. The normalized spacial score (nSPS) is 10.9. The van der Waals surface area contributed by atoms with Gasteiger partial charge in [-0.05, 0) is 31.8 Å². The van der Waals surface area contributed by atoms with Crippen LogP contribution in [0.2, 0.25) is 0 Å². The Morgan fingerprint density at radius 2 is 1.83 bits per heavy atom. The molecule has 0 aliphatic carbocycles. The molecule has 4 heteroatoms. The van der Waals surface area contributed by atoms with E-state index in [0.717, 1.165) is 24.0 Å². The van der Waals surface area contributed by atoms with E-state index in [9.17, 15) is 9.59 Å². The van der Waals surface area contributed by atoms with Crippen LogP contribution >= 0.6 is 0 Å². The Labute approximate surface area is 109 Å². The minimum Gasteiger partial charge on any atom is -0.469 e. The smallest absolute Gasteiger partial charge is 0.305 e. The van der Waals surface area contributed by atoms with Gasteiger partial charge in [0.15, 0.2) is 0 Å². The number of carbonyl (C=O) groups excluding carboxylic acids is 2. The Balaban J connectivity index is 3.76. The van der Waals surface area contributed by atoms with Gasteiger partial charge in [-0.3, -0.25) is 9.59 Å². The summed E-state index contributed by atoms with van der Waals surface area (Å²) in [5, 5.41) is 0. The average molecular weight is 254 g/mol. The van der Waals surface area contributed by atoms with Crippen LogP contribution in [0, 0.1) is 0 Å². The van der Waals surface area contributed by atoms with Gasteiger partial charge in [-0.2, -0.15) is 0 Å². The Morgan fingerprint density at radius 1 is 1.17 bits per heavy atom. The number of hydrogen-bond donors (Lipinski definition) is 0. The molecular weight excluding hydrogens is 232 g/mol. The van der Waals surface area contributed by atoms with Crippen molar-refractivity contribution in [2.75, 3.05) is 13.7 Å². The highest BCUT2D eigenvalue weighted by Gasteiger charge is 2.01. The Hall–Kier alpha value is -1.58. The van der Waals surface area contributed by atoms with Crippen LogP contribution in [0.3, 0.4) is 0 Å². The molecule has 0 aromatic heterocycles. The van der Waals surface area contributed by atoms with E-state index in [0.29, 0.717) is 12.8 Å². The summed E-state index contributed by atoms with van der Waals surface area (Å²) in [7, 11) is 1.39. The third-order valence-corrected chi connectivity index (χ3v) is 2.42. The van der Waals surface area contributed by atoms with Crippen LogP contribution in [0.1, 0.15) is 39.5 Å². The van der Waals surface area contributed by atoms with Crippen molar-refractivity contribution in [2.45, 2.75) is 39.5 Å². The molecule has 0 aromatic carbocycles. The fraction of sp³-hybridized carbons (Fsp3) is 0.571. The Kier molecular flexibility index (Phi) is 8.62. The fourth-order valence-corrected chi connectivity index (χ4v) is 1.30. The van der Waals surface area contributed by atoms with Gasteiger partial charge >= 0.3 is 11.9 Å². The molecule has 0 spiro atoms. The SMILES string of the molecule is C=C(CC/C=C(\C)CCC(=O)OC)COC(C)=O. The number of methoxy groups -OCH3 is 1. The molecule has 0 saturated carbocycles. The van der Waals surface area contributed by atoms with Gasteiger partial charge in [0.1, 0.15) is 6.61 Å². The van der Waals surface area contributed by atoms with Crippen LogP contribution in [-0.4, -0.2) is 25.7 Å². The monoisotopic (exact) mass is 254 g/mol. The summed E-state index contributed by atoms with van der Waals surface area (Å²) in [4.78, 5) is 21.5. The van der Waals surface area contributed by atoms with Crippen LogP contribution in [-0.2, 0) is 19.1 Å². The zero-order valence-corrected chi connectivity index (χ0v) is 11.5. The second kappa shape index (κ2) is 9.45. The lowest BCUT2D eigenvalue weighted by atomic mass is 10.1. The maximum atomic E-state index is 10.9. The van der Waals surface area contributed by atoms with Gasteiger partial charge in [0.2, 0.25) is 0 Å². The molecular formula is C14H22O4. The molecule has 0 atom stereocenters. The van der Waals surface area contributed by atoms with E-state index in [-0.39, 0.29) is 18.5 Å². The molecule has 0 amide bonds. The highest BCUT2D eigenvalue weighted by Crippen LogP contribution is 2.10. The van der Waals surface area contributed by atoms with E-state index in [1.54, 1.807) is 0 Å². The van der Waals surface area contributed by atoms with Crippen molar-refractivity contribution in [3.05, 3.63) is 23.8 Å². The topological polar surface area (TPSA) is 52.6 Å². The van der Waals surface area contributed by atoms with Crippen LogP contribution in [0.25, 0.3) is 0 Å². The highest BCUT2D eigenvalue weighted by molar-refractivity contribution is 5.69. The minimum atomic E-state index is -0.291. The molecule has 102 valence electrons. The van der Waals surface area contributed by atoms with Crippen LogP contribution in [0.15, 0.2) is 23.8 Å². The van der Waals surface area contributed by atoms with Gasteiger partial charge in [-0.1, -0.05) is 18.2 Å². The minimum absolute atomic E-state index is 0.193. The van der Waals surface area contributed by atoms with Crippen molar-refractivity contribution >= 4 is 11.9 Å². The summed E-state index contributed by atoms with van der Waals surface area (Å²) in [5.74, 6) is -0.483. The maximum absolute atomic E-state index is 10.9. The zero-order valence-electron chi connectivity index (χ0n) is 11.5. The first-order valence-electron chi connectivity index (χ1n) is 5.98. The van der Waals surface area contributed by atoms with Crippen LogP contribution in [0.4, 0.5) is 0 Å². The molecule has 4 nitrogen and oxygen atoms in total. The van der Waals surface area contributed by atoms with Crippen molar-refractivity contribution in [3.63, 3.8) is 0 Å². The molecule has 0 aliphatic heterocycles. The first-order valence-corrected chi connectivity index (χ1v) is 5.98. The lowest BCUT2D eigenvalue weighted by Crippen LogP contribution is -2.02. The molecule has 18 heavy (non-hydrogen) atoms. The first kappa shape index (κ1) is 16.4. The number of esters is 2. The second-order valence-corrected chi connectivity index (χ2v) is 4.20. The molecule has 0 aliphatic rings. The summed E-state index contributed by atoms with van der Waals surface area (Å²) in [5.41, 5.74) is 2.04. The second-order valence-electron chi connectivity index (χ2n) is 4.20. The van der Waals surface area contributed by atoms with Crippen molar-refractivity contribution in [1.29, 1.82) is 0 Å². The summed E-state index contributed by atoms with van der Waals surface area (Å²) < 4.78 is 9.40. The molecule has 0 saturated heterocycles. The standard InChI is InChI=1S/C14H22O4/c1-11(8-9-14(16)17-4)6-5-7-12(2)10-18-13(3)15/h6H,2,5,7-10H2,1,3-4H3/b11-6+. The van der Waals surface area contributed by atoms with Gasteiger partial charge in [0.25, 0.3) is 0 Å². The number of carbonyl (C=O) groups is 2. The largest absolute Gasteiger partial charge is 0.469 e. The maximum Gasteiger partial charge on any atom is 0.305 e. The van der Waals surface area contributed by atoms with E-state index in [1.165, 1.54) is 14.0 Å². The number of ether oxygens (including phenoxy) is 2. The fourth-order valence-electron chi connectivity index (χ4n) is 1.30. The third-order valence-electron chi connectivity index (χ3n) is 2.42. The van der Waals surface area contributed by atoms with E-state index >= 15 is 0 Å². The van der Waals surface area contributed by atoms with Crippen molar-refractivity contribution in [1.82, 2.24) is 0 Å². The molecule has 0 unspecified atom stereocenters. The number of allylic oxidation sites excluding steroid dienone is 2. The Morgan fingerprint density at radius 3 is 2.39 bits per heavy atom. The molecule has 0 heterocycles. The lowest BCUT2D eigenvalue weighted by molar-refractivity contribution is -0.141. The van der Waals surface area contributed by atoms with Gasteiger partial charge in [-0.15, -0.1) is 0 Å². The first-order chi connectivity index (χ1) is 8.45. The van der Waals surface area contributed by atoms with E-state index in [2.05, 4.69) is 17.4 Å². The Bertz CT molecular complexity index is 329. The molecule has 0 aromatic rings. The quantitative estimate of drug-likeness (QED) is 0.493. The van der Waals surface area contributed by atoms with E-state index in [4.69, 9.17) is 4.74 Å². The van der Waals surface area contributed by atoms with Gasteiger partial charge in [0.05, 0.1) is 7.11 Å².